The van der Waals surface area contributed by atoms with Gasteiger partial charge in [0.05, 0.1) is 23.7 Å². The van der Waals surface area contributed by atoms with Gasteiger partial charge in [0, 0.05) is 34.2 Å². The lowest BCUT2D eigenvalue weighted by Crippen LogP contribution is -2.25. The summed E-state index contributed by atoms with van der Waals surface area (Å²) in [4.78, 5) is 42.2. The first-order valence-electron chi connectivity index (χ1n) is 9.38. The van der Waals surface area contributed by atoms with E-state index in [-0.39, 0.29) is 17.6 Å². The first-order valence-corrected chi connectivity index (χ1v) is 11.1. The molecule has 11 heteroatoms. The number of thiazole rings is 1. The number of carboxylic acid groups (broad SMARTS) is 1. The number of nitrogens with zero attached hydrogens (tertiary/aromatic N) is 2. The minimum atomic E-state index is -1.57. The summed E-state index contributed by atoms with van der Waals surface area (Å²) in [6.45, 7) is 1.99. The van der Waals surface area contributed by atoms with Crippen molar-refractivity contribution in [1.29, 1.82) is 0 Å². The maximum atomic E-state index is 12.4. The highest BCUT2D eigenvalue weighted by molar-refractivity contribution is 7.99. The van der Waals surface area contributed by atoms with Gasteiger partial charge in [0.2, 0.25) is 5.91 Å². The quantitative estimate of drug-likeness (QED) is 0.426. The lowest BCUT2D eigenvalue weighted by molar-refractivity contribution is -0.147. The third-order valence-corrected chi connectivity index (χ3v) is 6.07. The van der Waals surface area contributed by atoms with Crippen LogP contribution in [0, 0.1) is 0 Å². The van der Waals surface area contributed by atoms with Crippen molar-refractivity contribution >= 4 is 57.4 Å². The SMILES string of the molecule is CC(=O)N1c2ccccc2Sc2ccc(-c3csc(NC(=O)C(=O)O)n3)cc21.NCCO. The maximum absolute atomic E-state index is 12.4. The van der Waals surface area contributed by atoms with Gasteiger partial charge in [0.1, 0.15) is 0 Å². The molecular weight excluding hydrogens is 452 g/mol. The standard InChI is InChI=1S/C19H13N3O4S2.C2H7NO/c1-10(23)22-13-4-2-3-5-15(13)28-16-7-6-11(8-14(16)22)12-9-27-19(20-12)21-17(24)18(25)26;3-1-2-4/h2-9H,1H3,(H,25,26)(H,20,21,24);4H,1-3H2. The van der Waals surface area contributed by atoms with Gasteiger partial charge >= 0.3 is 11.9 Å². The Kier molecular flexibility index (Phi) is 7.59. The van der Waals surface area contributed by atoms with Crippen molar-refractivity contribution in [2.45, 2.75) is 16.7 Å². The molecule has 0 radical (unpaired) electrons. The molecule has 32 heavy (non-hydrogen) atoms. The molecule has 1 aliphatic rings. The van der Waals surface area contributed by atoms with Crippen LogP contribution in [0.1, 0.15) is 6.92 Å². The Morgan fingerprint density at radius 1 is 1.12 bits per heavy atom. The first-order chi connectivity index (χ1) is 15.3. The third kappa shape index (κ3) is 5.14. The van der Waals surface area contributed by atoms with E-state index in [1.54, 1.807) is 22.0 Å². The normalized spacial score (nSPS) is 11.5. The summed E-state index contributed by atoms with van der Waals surface area (Å²) >= 11 is 2.72. The van der Waals surface area contributed by atoms with E-state index in [0.717, 1.165) is 38.1 Å². The molecule has 0 spiro atoms. The molecule has 0 saturated heterocycles. The topological polar surface area (TPSA) is 146 Å². The van der Waals surface area contributed by atoms with E-state index in [1.807, 2.05) is 42.5 Å². The minimum Gasteiger partial charge on any atom is -0.474 e. The van der Waals surface area contributed by atoms with Crippen LogP contribution in [0.4, 0.5) is 16.5 Å². The van der Waals surface area contributed by atoms with E-state index in [9.17, 15) is 14.4 Å². The molecule has 5 N–H and O–H groups in total. The van der Waals surface area contributed by atoms with Crippen LogP contribution < -0.4 is 16.0 Å². The first kappa shape index (κ1) is 23.4. The minimum absolute atomic E-state index is 0.0972. The summed E-state index contributed by atoms with van der Waals surface area (Å²) in [6, 6.07) is 13.4. The summed E-state index contributed by atoms with van der Waals surface area (Å²) in [7, 11) is 0. The fraction of sp³-hybridized carbons (Fsp3) is 0.143. The lowest BCUT2D eigenvalue weighted by atomic mass is 10.1. The van der Waals surface area contributed by atoms with Gasteiger partial charge in [-0.25, -0.2) is 9.78 Å². The molecule has 2 aromatic carbocycles. The monoisotopic (exact) mass is 472 g/mol. The number of nitrogens with one attached hydrogen (secondary N) is 1. The van der Waals surface area contributed by atoms with Gasteiger partial charge in [0.25, 0.3) is 0 Å². The molecule has 1 aromatic heterocycles. The van der Waals surface area contributed by atoms with E-state index >= 15 is 0 Å². The number of hydrogen-bond acceptors (Lipinski definition) is 8. The number of aliphatic hydroxyl groups excluding tert-OH is 1. The highest BCUT2D eigenvalue weighted by Crippen LogP contribution is 2.49. The molecule has 0 unspecified atom stereocenters. The second kappa shape index (κ2) is 10.4. The number of aliphatic hydroxyl groups is 1. The largest absolute Gasteiger partial charge is 0.474 e. The maximum Gasteiger partial charge on any atom is 0.394 e. The number of amides is 2. The average molecular weight is 473 g/mol. The second-order valence-electron chi connectivity index (χ2n) is 6.42. The summed E-state index contributed by atoms with van der Waals surface area (Å²) in [6.07, 6.45) is 0. The zero-order valence-electron chi connectivity index (χ0n) is 16.9. The molecule has 3 aromatic rings. The van der Waals surface area contributed by atoms with Crippen molar-refractivity contribution < 1.29 is 24.6 Å². The van der Waals surface area contributed by atoms with Gasteiger partial charge in [-0.15, -0.1) is 11.3 Å². The molecule has 0 fully saturated rings. The van der Waals surface area contributed by atoms with Gasteiger partial charge in [0.15, 0.2) is 5.13 Å². The van der Waals surface area contributed by atoms with Crippen LogP contribution in [0.15, 0.2) is 57.6 Å². The molecule has 0 bridgehead atoms. The number of aliphatic carboxylic acids is 1. The highest BCUT2D eigenvalue weighted by atomic mass is 32.2. The smallest absolute Gasteiger partial charge is 0.394 e. The molecule has 2 amide bonds. The van der Waals surface area contributed by atoms with E-state index < -0.39 is 11.9 Å². The van der Waals surface area contributed by atoms with E-state index in [0.29, 0.717) is 12.2 Å². The van der Waals surface area contributed by atoms with Crippen LogP contribution in [-0.2, 0) is 14.4 Å². The number of aromatic nitrogens is 1. The summed E-state index contributed by atoms with van der Waals surface area (Å²) in [5.74, 6) is -2.81. The zero-order valence-corrected chi connectivity index (χ0v) is 18.6. The number of carbonyl (C=O) groups excluding carboxylic acids is 2. The van der Waals surface area contributed by atoms with Crippen molar-refractivity contribution in [3.8, 4) is 11.3 Å². The van der Waals surface area contributed by atoms with Crippen LogP contribution in [0.5, 0.6) is 0 Å². The van der Waals surface area contributed by atoms with Crippen molar-refractivity contribution in [3.05, 3.63) is 47.8 Å². The Hall–Kier alpha value is -3.25. The lowest BCUT2D eigenvalue weighted by Gasteiger charge is -2.30. The van der Waals surface area contributed by atoms with Crippen LogP contribution in [0.2, 0.25) is 0 Å². The number of carbonyl (C=O) groups is 3. The number of rotatable bonds is 3. The Morgan fingerprint density at radius 3 is 2.47 bits per heavy atom. The van der Waals surface area contributed by atoms with Crippen molar-refractivity contribution in [1.82, 2.24) is 4.98 Å². The molecule has 0 atom stereocenters. The molecule has 4 rings (SSSR count). The summed E-state index contributed by atoms with van der Waals surface area (Å²) in [5, 5.41) is 20.6. The van der Waals surface area contributed by atoms with Gasteiger partial charge < -0.3 is 15.9 Å². The van der Waals surface area contributed by atoms with E-state index in [1.165, 1.54) is 6.92 Å². The van der Waals surface area contributed by atoms with E-state index in [4.69, 9.17) is 15.9 Å². The number of para-hydroxylation sites is 1. The predicted molar refractivity (Wildman–Crippen MR) is 123 cm³/mol. The summed E-state index contributed by atoms with van der Waals surface area (Å²) in [5.41, 5.74) is 7.72. The average Bonchev–Trinajstić information content (AvgIpc) is 3.25. The highest BCUT2D eigenvalue weighted by Gasteiger charge is 2.26. The Labute approximate surface area is 191 Å². The number of benzene rings is 2. The Bertz CT molecular complexity index is 1160. The number of anilines is 3. The van der Waals surface area contributed by atoms with Crippen molar-refractivity contribution in [3.63, 3.8) is 0 Å². The van der Waals surface area contributed by atoms with Crippen molar-refractivity contribution in [2.24, 2.45) is 5.73 Å². The molecule has 2 heterocycles. The fourth-order valence-electron chi connectivity index (χ4n) is 2.87. The van der Waals surface area contributed by atoms with Gasteiger partial charge in [-0.3, -0.25) is 19.8 Å². The number of nitrogens with two attached hydrogens (primary N) is 1. The molecule has 9 nitrogen and oxygen atoms in total. The molecule has 0 saturated carbocycles. The number of hydrogen-bond donors (Lipinski definition) is 4. The fourth-order valence-corrected chi connectivity index (χ4v) is 4.62. The molecule has 0 aliphatic carbocycles. The Balaban J connectivity index is 0.000000668. The third-order valence-electron chi connectivity index (χ3n) is 4.18. The zero-order chi connectivity index (χ0) is 23.3. The van der Waals surface area contributed by atoms with Gasteiger partial charge in [-0.2, -0.15) is 0 Å². The second-order valence-corrected chi connectivity index (χ2v) is 8.36. The van der Waals surface area contributed by atoms with Crippen LogP contribution in [-0.4, -0.2) is 46.1 Å². The molecular formula is C21H20N4O5S2. The van der Waals surface area contributed by atoms with Gasteiger partial charge in [-0.05, 0) is 24.3 Å². The van der Waals surface area contributed by atoms with Crippen LogP contribution >= 0.6 is 23.1 Å². The predicted octanol–water partition coefficient (Wildman–Crippen LogP) is 2.92. The Morgan fingerprint density at radius 2 is 1.81 bits per heavy atom. The van der Waals surface area contributed by atoms with Gasteiger partial charge in [-0.1, -0.05) is 30.0 Å². The number of carboxylic acids is 1. The van der Waals surface area contributed by atoms with Crippen LogP contribution in [0.3, 0.4) is 0 Å². The molecule has 1 aliphatic heterocycles. The van der Waals surface area contributed by atoms with Crippen LogP contribution in [0.25, 0.3) is 11.3 Å². The summed E-state index contributed by atoms with van der Waals surface area (Å²) < 4.78 is 0. The number of fused-ring (bicyclic) bond motifs is 2. The van der Waals surface area contributed by atoms with Crippen molar-refractivity contribution in [2.75, 3.05) is 23.4 Å². The van der Waals surface area contributed by atoms with E-state index in [2.05, 4.69) is 10.3 Å². The molecule has 166 valence electrons.